The predicted octanol–water partition coefficient (Wildman–Crippen LogP) is 21.8. The Hall–Kier alpha value is -4.96. The van der Waals surface area contributed by atoms with E-state index < -0.39 is 0 Å². The molecule has 4 heteroatoms. The molecule has 78 heavy (non-hydrogen) atoms. The molecule has 6 aromatic rings. The van der Waals surface area contributed by atoms with Crippen molar-refractivity contribution in [2.45, 2.75) is 231 Å². The first kappa shape index (κ1) is 57.7. The summed E-state index contributed by atoms with van der Waals surface area (Å²) in [7, 11) is 0. The van der Waals surface area contributed by atoms with Gasteiger partial charge in [-0.05, 0) is 256 Å². The smallest absolute Gasteiger partial charge is 0.119 e. The maximum absolute atomic E-state index is 6.45. The molecule has 0 spiro atoms. The molecular formula is C74H100O4. The number of ether oxygens (including phenoxy) is 4. The van der Waals surface area contributed by atoms with Crippen LogP contribution in [0.3, 0.4) is 0 Å². The summed E-state index contributed by atoms with van der Waals surface area (Å²) < 4.78 is 25.3. The van der Waals surface area contributed by atoms with E-state index in [1.807, 2.05) is 0 Å². The third-order valence-corrected chi connectivity index (χ3v) is 18.5. The summed E-state index contributed by atoms with van der Waals surface area (Å²) in [5, 5.41) is 5.20. The zero-order valence-electron chi connectivity index (χ0n) is 48.8. The predicted molar refractivity (Wildman–Crippen MR) is 331 cm³/mol. The molecule has 0 bridgehead atoms. The van der Waals surface area contributed by atoms with Crippen molar-refractivity contribution < 1.29 is 18.9 Å². The van der Waals surface area contributed by atoms with Crippen molar-refractivity contribution in [2.75, 3.05) is 26.4 Å². The number of benzene rings is 6. The fourth-order valence-corrected chi connectivity index (χ4v) is 13.7. The first-order chi connectivity index (χ1) is 38.6. The molecule has 0 heterocycles. The molecule has 4 nitrogen and oxygen atoms in total. The number of rotatable bonds is 28. The zero-order valence-corrected chi connectivity index (χ0v) is 48.8. The highest BCUT2D eigenvalue weighted by Crippen LogP contribution is 2.43. The average Bonchev–Trinajstić information content (AvgIpc) is 3.56. The van der Waals surface area contributed by atoms with Crippen LogP contribution in [0.2, 0.25) is 0 Å². The Labute approximate surface area is 473 Å². The molecule has 0 amide bonds. The summed E-state index contributed by atoms with van der Waals surface area (Å²) in [5.41, 5.74) is 8.81. The van der Waals surface area contributed by atoms with Crippen LogP contribution in [0.5, 0.6) is 23.0 Å². The molecular weight excluding hydrogens is 953 g/mol. The minimum absolute atomic E-state index is 0.730. The average molecular weight is 1050 g/mol. The first-order valence-corrected chi connectivity index (χ1v) is 32.4. The number of hydrogen-bond donors (Lipinski definition) is 0. The van der Waals surface area contributed by atoms with Crippen molar-refractivity contribution in [3.05, 3.63) is 131 Å². The molecule has 2 fully saturated rings. The van der Waals surface area contributed by atoms with Gasteiger partial charge < -0.3 is 18.9 Å². The molecule has 420 valence electrons. The van der Waals surface area contributed by atoms with Crippen LogP contribution in [0.4, 0.5) is 0 Å². The van der Waals surface area contributed by atoms with Gasteiger partial charge in [0.05, 0.1) is 26.4 Å². The Morgan fingerprint density at radius 2 is 0.692 bits per heavy atom. The van der Waals surface area contributed by atoms with Crippen LogP contribution < -0.4 is 18.9 Å². The third kappa shape index (κ3) is 17.3. The van der Waals surface area contributed by atoms with Gasteiger partial charge in [0.15, 0.2) is 0 Å². The van der Waals surface area contributed by atoms with Crippen LogP contribution in [0.15, 0.2) is 109 Å². The summed E-state index contributed by atoms with van der Waals surface area (Å²) in [6.07, 6.45) is 41.0. The number of fused-ring (bicyclic) bond motifs is 7. The second-order valence-corrected chi connectivity index (χ2v) is 24.4. The van der Waals surface area contributed by atoms with E-state index in [1.165, 1.54) is 196 Å². The topological polar surface area (TPSA) is 36.9 Å². The largest absolute Gasteiger partial charge is 0.494 e. The highest BCUT2D eigenvalue weighted by atomic mass is 16.5. The van der Waals surface area contributed by atoms with Gasteiger partial charge in [-0.3, -0.25) is 0 Å². The summed E-state index contributed by atoms with van der Waals surface area (Å²) in [4.78, 5) is 0. The molecule has 0 saturated heterocycles. The molecule has 0 N–H and O–H groups in total. The van der Waals surface area contributed by atoms with Gasteiger partial charge in [-0.2, -0.15) is 0 Å². The van der Waals surface area contributed by atoms with Crippen molar-refractivity contribution in [1.29, 1.82) is 0 Å². The number of aryl methyl sites for hydroxylation is 2. The molecule has 0 radical (unpaired) electrons. The molecule has 6 aromatic carbocycles. The number of unbranched alkanes of at least 4 members (excludes halogenated alkanes) is 10. The quantitative estimate of drug-likeness (QED) is 0.0459. The van der Waals surface area contributed by atoms with Gasteiger partial charge in [0.1, 0.15) is 23.0 Å². The molecule has 0 unspecified atom stereocenters. The van der Waals surface area contributed by atoms with Gasteiger partial charge >= 0.3 is 0 Å². The maximum Gasteiger partial charge on any atom is 0.119 e. The van der Waals surface area contributed by atoms with E-state index in [4.69, 9.17) is 18.9 Å². The molecule has 3 aliphatic rings. The van der Waals surface area contributed by atoms with E-state index in [9.17, 15) is 0 Å². The third-order valence-electron chi connectivity index (χ3n) is 18.5. The summed E-state index contributed by atoms with van der Waals surface area (Å²) >= 11 is 0. The van der Waals surface area contributed by atoms with Gasteiger partial charge in [0, 0.05) is 0 Å². The zero-order chi connectivity index (χ0) is 53.4. The Morgan fingerprint density at radius 3 is 1.08 bits per heavy atom. The highest BCUT2D eigenvalue weighted by Gasteiger charge is 2.24. The van der Waals surface area contributed by atoms with Crippen molar-refractivity contribution in [3.63, 3.8) is 0 Å². The van der Waals surface area contributed by atoms with Crippen LogP contribution in [-0.4, -0.2) is 26.4 Å². The number of hydrogen-bond acceptors (Lipinski definition) is 4. The molecule has 3 aliphatic carbocycles. The minimum atomic E-state index is 0.730. The Kier molecular flexibility index (Phi) is 23.5. The molecule has 0 atom stereocenters. The second kappa shape index (κ2) is 31.7. The van der Waals surface area contributed by atoms with Crippen molar-refractivity contribution in [3.8, 4) is 34.1 Å². The van der Waals surface area contributed by atoms with Crippen LogP contribution in [0.1, 0.15) is 241 Å². The lowest BCUT2D eigenvalue weighted by Crippen LogP contribution is -2.13. The Balaban J connectivity index is 0.723. The normalized spacial score (nSPS) is 19.1. The Morgan fingerprint density at radius 1 is 0.333 bits per heavy atom. The van der Waals surface area contributed by atoms with Gasteiger partial charge in [-0.1, -0.05) is 152 Å². The highest BCUT2D eigenvalue weighted by molar-refractivity contribution is 6.08. The van der Waals surface area contributed by atoms with E-state index in [-0.39, 0.29) is 0 Å². The first-order valence-electron chi connectivity index (χ1n) is 32.4. The van der Waals surface area contributed by atoms with Gasteiger partial charge in [-0.25, -0.2) is 0 Å². The van der Waals surface area contributed by atoms with E-state index in [1.54, 1.807) is 0 Å². The molecule has 0 aromatic heterocycles. The lowest BCUT2D eigenvalue weighted by Gasteiger charge is -2.29. The minimum Gasteiger partial charge on any atom is -0.494 e. The van der Waals surface area contributed by atoms with Gasteiger partial charge in [0.2, 0.25) is 0 Å². The lowest BCUT2D eigenvalue weighted by atomic mass is 9.77. The summed E-state index contributed by atoms with van der Waals surface area (Å²) in [6, 6.07) is 41.4. The fourth-order valence-electron chi connectivity index (χ4n) is 13.7. The van der Waals surface area contributed by atoms with Crippen LogP contribution in [0, 0.1) is 11.8 Å². The fraction of sp³-hybridized carbons (Fsp3) is 0.568. The van der Waals surface area contributed by atoms with E-state index in [0.717, 1.165) is 137 Å². The van der Waals surface area contributed by atoms with E-state index in [2.05, 4.69) is 123 Å². The summed E-state index contributed by atoms with van der Waals surface area (Å²) in [5.74, 6) is 7.34. The van der Waals surface area contributed by atoms with Crippen LogP contribution in [0.25, 0.3) is 32.7 Å². The molecule has 0 aliphatic heterocycles. The van der Waals surface area contributed by atoms with Crippen molar-refractivity contribution >= 4 is 21.5 Å². The van der Waals surface area contributed by atoms with E-state index >= 15 is 0 Å². The Bertz CT molecular complexity index is 2460. The van der Waals surface area contributed by atoms with Gasteiger partial charge in [-0.15, -0.1) is 0 Å². The molecule has 2 saturated carbocycles. The standard InChI is InChI=1S/C74H100O4/c1-3-5-15-23-57-27-31-59(32-28-57)61-39-43-67(44-40-61)75-51-19-11-13-21-53-77-69-47-49-71-65(55-69)37-35-63-25-17-9-7-8-10-18-26-64-36-38-66-56-70(48-50-72(66)74(64)73(63)71)78-54-22-14-12-20-52-76-68-45-41-62(42-46-68)60-33-29-58(30-34-60)24-16-6-4-2/h35-50,55-60H,3-34,51-54H2,1-2H3. The molecule has 9 rings (SSSR count). The lowest BCUT2D eigenvalue weighted by molar-refractivity contribution is 0.287. The van der Waals surface area contributed by atoms with Crippen molar-refractivity contribution in [2.24, 2.45) is 11.8 Å². The second-order valence-electron chi connectivity index (χ2n) is 24.4. The van der Waals surface area contributed by atoms with Crippen molar-refractivity contribution in [1.82, 2.24) is 0 Å². The maximum atomic E-state index is 6.45. The van der Waals surface area contributed by atoms with Crippen LogP contribution >= 0.6 is 0 Å². The SMILES string of the molecule is CCCCCC1CCC(c2ccc(OCCCCCCOc3ccc4c5c(ccc4c3)CCCCCCCCc3ccc4cc(OCCCCCCOc6ccc(C7CCC(CCCCC)CC7)cc6)ccc4c3-5)cc2)CC1. The summed E-state index contributed by atoms with van der Waals surface area (Å²) in [6.45, 7) is 7.65. The van der Waals surface area contributed by atoms with E-state index in [0.29, 0.717) is 0 Å². The van der Waals surface area contributed by atoms with Crippen LogP contribution in [-0.2, 0) is 12.8 Å². The van der Waals surface area contributed by atoms with Gasteiger partial charge in [0.25, 0.3) is 0 Å². The monoisotopic (exact) mass is 1050 g/mol.